The SMILES string of the molecule is N#Cc1ccc(-c2ccc(OCCCCCCCCCCOc3ccc(C=Nc4ccc5ccc6cccc7ccc4c5c67)cc3)cc2)cc1. The molecule has 50 heavy (non-hydrogen) atoms. The smallest absolute Gasteiger partial charge is 0.119 e. The first kappa shape index (κ1) is 32.9. The van der Waals surface area contributed by atoms with Gasteiger partial charge in [-0.1, -0.05) is 111 Å². The van der Waals surface area contributed by atoms with Crippen molar-refractivity contribution in [1.82, 2.24) is 0 Å². The van der Waals surface area contributed by atoms with Crippen LogP contribution in [0.4, 0.5) is 5.69 Å². The molecule has 0 unspecified atom stereocenters. The summed E-state index contributed by atoms with van der Waals surface area (Å²) in [4.78, 5) is 4.89. The Morgan fingerprint density at radius 1 is 0.500 bits per heavy atom. The number of nitriles is 1. The van der Waals surface area contributed by atoms with Gasteiger partial charge in [0, 0.05) is 11.6 Å². The average molecular weight is 655 g/mol. The van der Waals surface area contributed by atoms with Gasteiger partial charge >= 0.3 is 0 Å². The van der Waals surface area contributed by atoms with E-state index in [1.54, 1.807) is 0 Å². The first-order chi connectivity index (χ1) is 24.7. The molecule has 0 amide bonds. The number of hydrogen-bond acceptors (Lipinski definition) is 4. The summed E-state index contributed by atoms with van der Waals surface area (Å²) >= 11 is 0. The van der Waals surface area contributed by atoms with E-state index in [1.165, 1.54) is 70.8 Å². The van der Waals surface area contributed by atoms with Crippen molar-refractivity contribution in [3.8, 4) is 28.7 Å². The van der Waals surface area contributed by atoms with Gasteiger partial charge in [0.2, 0.25) is 0 Å². The molecule has 0 saturated heterocycles. The maximum Gasteiger partial charge on any atom is 0.119 e. The molecule has 0 saturated carbocycles. The minimum absolute atomic E-state index is 0.677. The van der Waals surface area contributed by atoms with Crippen LogP contribution in [0.1, 0.15) is 62.5 Å². The quantitative estimate of drug-likeness (QED) is 0.0592. The number of rotatable bonds is 16. The van der Waals surface area contributed by atoms with Gasteiger partial charge in [0.1, 0.15) is 11.5 Å². The lowest BCUT2D eigenvalue weighted by atomic mass is 9.93. The van der Waals surface area contributed by atoms with E-state index < -0.39 is 0 Å². The van der Waals surface area contributed by atoms with E-state index >= 15 is 0 Å². The molecule has 0 fully saturated rings. The molecule has 0 radical (unpaired) electrons. The van der Waals surface area contributed by atoms with Crippen molar-refractivity contribution >= 4 is 44.2 Å². The number of benzene rings is 7. The monoisotopic (exact) mass is 654 g/mol. The third-order valence-corrected chi connectivity index (χ3v) is 9.52. The second-order valence-corrected chi connectivity index (χ2v) is 13.0. The minimum Gasteiger partial charge on any atom is -0.494 e. The van der Waals surface area contributed by atoms with Gasteiger partial charge in [-0.05, 0) is 111 Å². The van der Waals surface area contributed by atoms with E-state index in [-0.39, 0.29) is 0 Å². The fourth-order valence-corrected chi connectivity index (χ4v) is 6.75. The van der Waals surface area contributed by atoms with Gasteiger partial charge in [-0.15, -0.1) is 0 Å². The fraction of sp³-hybridized carbons (Fsp3) is 0.217. The number of unbranched alkanes of at least 4 members (excludes halogenated alkanes) is 7. The lowest BCUT2D eigenvalue weighted by Gasteiger charge is -2.12. The largest absolute Gasteiger partial charge is 0.494 e. The number of hydrogen-bond donors (Lipinski definition) is 0. The summed E-state index contributed by atoms with van der Waals surface area (Å²) < 4.78 is 12.0. The van der Waals surface area contributed by atoms with Crippen molar-refractivity contribution in [3.05, 3.63) is 139 Å². The van der Waals surface area contributed by atoms with Gasteiger partial charge in [0.05, 0.1) is 30.5 Å². The topological polar surface area (TPSA) is 54.6 Å². The molecule has 4 nitrogen and oxygen atoms in total. The molecule has 0 aliphatic carbocycles. The van der Waals surface area contributed by atoms with Gasteiger partial charge in [0.25, 0.3) is 0 Å². The second kappa shape index (κ2) is 16.2. The number of nitrogens with zero attached hydrogens (tertiary/aromatic N) is 2. The van der Waals surface area contributed by atoms with Gasteiger partial charge < -0.3 is 9.47 Å². The van der Waals surface area contributed by atoms with E-state index in [0.717, 1.165) is 59.9 Å². The van der Waals surface area contributed by atoms with Crippen molar-refractivity contribution in [2.75, 3.05) is 13.2 Å². The summed E-state index contributed by atoms with van der Waals surface area (Å²) in [6, 6.07) is 45.9. The average Bonchev–Trinajstić information content (AvgIpc) is 3.17. The molecule has 0 aromatic heterocycles. The first-order valence-corrected chi connectivity index (χ1v) is 17.9. The molecule has 7 aromatic carbocycles. The maximum atomic E-state index is 8.98. The third kappa shape index (κ3) is 7.96. The highest BCUT2D eigenvalue weighted by molar-refractivity contribution is 6.25. The third-order valence-electron chi connectivity index (χ3n) is 9.52. The van der Waals surface area contributed by atoms with Crippen molar-refractivity contribution in [2.24, 2.45) is 4.99 Å². The molecule has 4 heteroatoms. The van der Waals surface area contributed by atoms with Crippen molar-refractivity contribution in [1.29, 1.82) is 5.26 Å². The normalized spacial score (nSPS) is 11.5. The van der Waals surface area contributed by atoms with Gasteiger partial charge in [-0.3, -0.25) is 4.99 Å². The molecule has 0 atom stereocenters. The fourth-order valence-electron chi connectivity index (χ4n) is 6.75. The van der Waals surface area contributed by atoms with Crippen LogP contribution in [0.25, 0.3) is 43.4 Å². The molecule has 248 valence electrons. The Balaban J connectivity index is 0.755. The van der Waals surface area contributed by atoms with Crippen LogP contribution in [0.3, 0.4) is 0 Å². The summed E-state index contributed by atoms with van der Waals surface area (Å²) in [5, 5.41) is 16.6. The van der Waals surface area contributed by atoms with Crippen molar-refractivity contribution < 1.29 is 9.47 Å². The van der Waals surface area contributed by atoms with Crippen LogP contribution in [0.2, 0.25) is 0 Å². The van der Waals surface area contributed by atoms with E-state index in [0.29, 0.717) is 5.56 Å². The number of aliphatic imine (C=N–C) groups is 1. The van der Waals surface area contributed by atoms with Gasteiger partial charge in [0.15, 0.2) is 0 Å². The summed E-state index contributed by atoms with van der Waals surface area (Å²) in [5.74, 6) is 1.82. The molecule has 0 spiro atoms. The Morgan fingerprint density at radius 2 is 1.00 bits per heavy atom. The zero-order valence-corrected chi connectivity index (χ0v) is 28.5. The Morgan fingerprint density at radius 3 is 1.60 bits per heavy atom. The molecule has 0 heterocycles. The zero-order valence-electron chi connectivity index (χ0n) is 28.5. The zero-order chi connectivity index (χ0) is 34.0. The van der Waals surface area contributed by atoms with Crippen LogP contribution < -0.4 is 9.47 Å². The lowest BCUT2D eigenvalue weighted by Crippen LogP contribution is -1.98. The highest BCUT2D eigenvalue weighted by Crippen LogP contribution is 2.38. The molecule has 0 N–H and O–H groups in total. The first-order valence-electron chi connectivity index (χ1n) is 17.9. The molecular weight excluding hydrogens is 613 g/mol. The maximum absolute atomic E-state index is 8.98. The highest BCUT2D eigenvalue weighted by Gasteiger charge is 2.10. The summed E-state index contributed by atoms with van der Waals surface area (Å²) in [7, 11) is 0. The van der Waals surface area contributed by atoms with Crippen LogP contribution in [0.15, 0.2) is 132 Å². The molecule has 7 rings (SSSR count). The molecular formula is C46H42N2O2. The Kier molecular flexibility index (Phi) is 10.6. The van der Waals surface area contributed by atoms with Gasteiger partial charge in [-0.25, -0.2) is 0 Å². The van der Waals surface area contributed by atoms with Crippen LogP contribution in [0.5, 0.6) is 11.5 Å². The van der Waals surface area contributed by atoms with Crippen LogP contribution in [-0.2, 0) is 0 Å². The molecule has 0 aliphatic rings. The van der Waals surface area contributed by atoms with Crippen LogP contribution >= 0.6 is 0 Å². The standard InChI is InChI=1S/C46H42N2O2/c47-32-34-12-16-36(17-13-34)37-20-26-42(27-21-37)50-31-8-6-4-2-1-3-5-7-30-49-41-24-14-35(15-25-41)33-48-44-29-23-40-19-18-38-10-9-11-39-22-28-43(44)46(40)45(38)39/h9-29,33H,1-8,30-31H2. The lowest BCUT2D eigenvalue weighted by molar-refractivity contribution is 0.301. The molecule has 0 aliphatic heterocycles. The van der Waals surface area contributed by atoms with E-state index in [1.807, 2.05) is 54.7 Å². The van der Waals surface area contributed by atoms with Crippen LogP contribution in [0, 0.1) is 11.3 Å². The van der Waals surface area contributed by atoms with Crippen molar-refractivity contribution in [3.63, 3.8) is 0 Å². The predicted octanol–water partition coefficient (Wildman–Crippen LogP) is 12.5. The van der Waals surface area contributed by atoms with E-state index in [2.05, 4.69) is 84.9 Å². The van der Waals surface area contributed by atoms with Crippen LogP contribution in [-0.4, -0.2) is 19.4 Å². The van der Waals surface area contributed by atoms with E-state index in [4.69, 9.17) is 19.7 Å². The Labute approximate surface area is 295 Å². The van der Waals surface area contributed by atoms with E-state index in [9.17, 15) is 0 Å². The van der Waals surface area contributed by atoms with Crippen molar-refractivity contribution in [2.45, 2.75) is 51.4 Å². The summed E-state index contributed by atoms with van der Waals surface area (Å²) in [6.07, 6.45) is 11.6. The Bertz CT molecular complexity index is 2200. The van der Waals surface area contributed by atoms with Gasteiger partial charge in [-0.2, -0.15) is 5.26 Å². The molecule has 0 bridgehead atoms. The minimum atomic E-state index is 0.677. The summed E-state index contributed by atoms with van der Waals surface area (Å²) in [5.41, 5.74) is 4.96. The number of ether oxygens (including phenoxy) is 2. The molecule has 7 aromatic rings. The second-order valence-electron chi connectivity index (χ2n) is 13.0. The highest BCUT2D eigenvalue weighted by atomic mass is 16.5. The summed E-state index contributed by atoms with van der Waals surface area (Å²) in [6.45, 7) is 1.50. The Hall–Kier alpha value is -5.66. The predicted molar refractivity (Wildman–Crippen MR) is 208 cm³/mol.